The first-order valence-corrected chi connectivity index (χ1v) is 8.53. The molecule has 1 saturated heterocycles. The van der Waals surface area contributed by atoms with Crippen molar-refractivity contribution in [1.29, 1.82) is 0 Å². The number of rotatable bonds is 4. The van der Waals surface area contributed by atoms with Gasteiger partial charge in [-0.1, -0.05) is 24.6 Å². The number of hydrogen-bond acceptors (Lipinski definition) is 3. The van der Waals surface area contributed by atoms with Gasteiger partial charge in [0.1, 0.15) is 11.9 Å². The van der Waals surface area contributed by atoms with Crippen LogP contribution in [0.2, 0.25) is 0 Å². The molecule has 0 bridgehead atoms. The quantitative estimate of drug-likeness (QED) is 0.916. The zero-order valence-electron chi connectivity index (χ0n) is 11.4. The maximum atomic E-state index is 6.30. The topological polar surface area (TPSA) is 35.2 Å². The van der Waals surface area contributed by atoms with Gasteiger partial charge in [0.2, 0.25) is 0 Å². The highest BCUT2D eigenvalue weighted by Gasteiger charge is 2.39. The molecule has 0 spiro atoms. The molecule has 3 rings (SSSR count). The van der Waals surface area contributed by atoms with Crippen molar-refractivity contribution < 1.29 is 4.74 Å². The SMILES string of the molecule is NCC1(c2ccccc2OC2CCSCC2)CCC1. The first-order valence-electron chi connectivity index (χ1n) is 7.38. The molecule has 1 saturated carbocycles. The number of thioether (sulfide) groups is 1. The van der Waals surface area contributed by atoms with Crippen LogP contribution in [0.4, 0.5) is 0 Å². The average molecular weight is 277 g/mol. The first kappa shape index (κ1) is 13.3. The van der Waals surface area contributed by atoms with Gasteiger partial charge in [-0.3, -0.25) is 0 Å². The van der Waals surface area contributed by atoms with Gasteiger partial charge in [0.05, 0.1) is 0 Å². The molecule has 1 heterocycles. The highest BCUT2D eigenvalue weighted by Crippen LogP contribution is 2.46. The molecule has 2 aliphatic rings. The van der Waals surface area contributed by atoms with E-state index in [2.05, 4.69) is 24.3 Å². The van der Waals surface area contributed by atoms with Crippen LogP contribution in [0.15, 0.2) is 24.3 Å². The molecule has 1 aliphatic heterocycles. The molecule has 2 fully saturated rings. The van der Waals surface area contributed by atoms with Crippen LogP contribution in [0.25, 0.3) is 0 Å². The van der Waals surface area contributed by atoms with Gasteiger partial charge in [0.25, 0.3) is 0 Å². The van der Waals surface area contributed by atoms with Crippen molar-refractivity contribution in [1.82, 2.24) is 0 Å². The lowest BCUT2D eigenvalue weighted by Gasteiger charge is -2.42. The number of hydrogen-bond donors (Lipinski definition) is 1. The molecule has 1 aromatic carbocycles. The predicted octanol–water partition coefficient (Wildman–Crippen LogP) is 3.34. The Morgan fingerprint density at radius 3 is 2.58 bits per heavy atom. The Morgan fingerprint density at radius 2 is 1.95 bits per heavy atom. The molecule has 0 atom stereocenters. The monoisotopic (exact) mass is 277 g/mol. The summed E-state index contributed by atoms with van der Waals surface area (Å²) in [5, 5.41) is 0. The van der Waals surface area contributed by atoms with Crippen molar-refractivity contribution >= 4 is 11.8 Å². The summed E-state index contributed by atoms with van der Waals surface area (Å²) in [6.07, 6.45) is 6.47. The standard InChI is InChI=1S/C16H23NOS/c17-12-16(8-3-9-16)14-4-1-2-5-15(14)18-13-6-10-19-11-7-13/h1-2,4-5,13H,3,6-12,17H2. The second-order valence-corrected chi connectivity index (χ2v) is 6.99. The number of benzene rings is 1. The Labute approximate surface area is 120 Å². The minimum absolute atomic E-state index is 0.194. The Morgan fingerprint density at radius 1 is 1.21 bits per heavy atom. The van der Waals surface area contributed by atoms with Crippen molar-refractivity contribution in [3.63, 3.8) is 0 Å². The Kier molecular flexibility index (Phi) is 4.04. The largest absolute Gasteiger partial charge is 0.490 e. The second-order valence-electron chi connectivity index (χ2n) is 5.76. The first-order chi connectivity index (χ1) is 9.34. The molecule has 1 aliphatic carbocycles. The zero-order chi connectivity index (χ0) is 13.1. The molecule has 0 amide bonds. The lowest BCUT2D eigenvalue weighted by atomic mass is 9.64. The Balaban J connectivity index is 1.80. The third-order valence-electron chi connectivity index (χ3n) is 4.62. The summed E-state index contributed by atoms with van der Waals surface area (Å²) in [4.78, 5) is 0. The summed E-state index contributed by atoms with van der Waals surface area (Å²) in [6.45, 7) is 0.744. The van der Waals surface area contributed by atoms with Crippen LogP contribution in [-0.2, 0) is 5.41 Å². The minimum atomic E-state index is 0.194. The molecule has 19 heavy (non-hydrogen) atoms. The van der Waals surface area contributed by atoms with E-state index >= 15 is 0 Å². The Bertz CT molecular complexity index is 419. The van der Waals surface area contributed by atoms with Crippen molar-refractivity contribution in [2.24, 2.45) is 5.73 Å². The van der Waals surface area contributed by atoms with Gasteiger partial charge < -0.3 is 10.5 Å². The van der Waals surface area contributed by atoms with E-state index in [9.17, 15) is 0 Å². The van der Waals surface area contributed by atoms with Crippen molar-refractivity contribution in [3.8, 4) is 5.75 Å². The third-order valence-corrected chi connectivity index (χ3v) is 5.67. The van der Waals surface area contributed by atoms with E-state index in [0.29, 0.717) is 6.10 Å². The van der Waals surface area contributed by atoms with Crippen LogP contribution in [0.3, 0.4) is 0 Å². The highest BCUT2D eigenvalue weighted by molar-refractivity contribution is 7.99. The molecule has 2 nitrogen and oxygen atoms in total. The van der Waals surface area contributed by atoms with Crippen LogP contribution in [0.5, 0.6) is 5.75 Å². The lowest BCUT2D eigenvalue weighted by molar-refractivity contribution is 0.177. The summed E-state index contributed by atoms with van der Waals surface area (Å²) < 4.78 is 6.30. The predicted molar refractivity (Wildman–Crippen MR) is 82.0 cm³/mol. The fraction of sp³-hybridized carbons (Fsp3) is 0.625. The molecule has 0 unspecified atom stereocenters. The molecule has 1 aromatic rings. The smallest absolute Gasteiger partial charge is 0.123 e. The molecule has 104 valence electrons. The molecular formula is C16H23NOS. The van der Waals surface area contributed by atoms with Gasteiger partial charge in [0.15, 0.2) is 0 Å². The van der Waals surface area contributed by atoms with Crippen LogP contribution < -0.4 is 10.5 Å². The van der Waals surface area contributed by atoms with Crippen molar-refractivity contribution in [3.05, 3.63) is 29.8 Å². The number of nitrogens with two attached hydrogens (primary N) is 1. The van der Waals surface area contributed by atoms with Gasteiger partial charge in [-0.05, 0) is 43.3 Å². The van der Waals surface area contributed by atoms with Crippen LogP contribution in [-0.4, -0.2) is 24.2 Å². The van der Waals surface area contributed by atoms with Gasteiger partial charge >= 0.3 is 0 Å². The summed E-state index contributed by atoms with van der Waals surface area (Å²) in [5.41, 5.74) is 7.59. The van der Waals surface area contributed by atoms with Gasteiger partial charge in [-0.15, -0.1) is 0 Å². The summed E-state index contributed by atoms with van der Waals surface area (Å²) in [6, 6.07) is 8.56. The van der Waals surface area contributed by atoms with E-state index in [1.807, 2.05) is 11.8 Å². The van der Waals surface area contributed by atoms with Crippen molar-refractivity contribution in [2.75, 3.05) is 18.1 Å². The second kappa shape index (κ2) is 5.76. The average Bonchev–Trinajstić information content (AvgIpc) is 2.41. The van der Waals surface area contributed by atoms with Crippen molar-refractivity contribution in [2.45, 2.75) is 43.6 Å². The summed E-state index contributed by atoms with van der Waals surface area (Å²) in [5.74, 6) is 3.55. The maximum Gasteiger partial charge on any atom is 0.123 e. The molecule has 2 N–H and O–H groups in total. The third kappa shape index (κ3) is 2.63. The highest BCUT2D eigenvalue weighted by atomic mass is 32.2. The van der Waals surface area contributed by atoms with E-state index in [1.165, 1.54) is 49.2 Å². The molecule has 0 radical (unpaired) electrons. The van der Waals surface area contributed by atoms with Gasteiger partial charge in [-0.2, -0.15) is 11.8 Å². The van der Waals surface area contributed by atoms with E-state index in [1.54, 1.807) is 0 Å². The van der Waals surface area contributed by atoms with E-state index < -0.39 is 0 Å². The van der Waals surface area contributed by atoms with E-state index in [-0.39, 0.29) is 5.41 Å². The fourth-order valence-corrected chi connectivity index (χ4v) is 4.23. The van der Waals surface area contributed by atoms with E-state index in [0.717, 1.165) is 12.3 Å². The summed E-state index contributed by atoms with van der Waals surface area (Å²) >= 11 is 2.04. The number of para-hydroxylation sites is 1. The van der Waals surface area contributed by atoms with Crippen LogP contribution in [0.1, 0.15) is 37.7 Å². The Hall–Kier alpha value is -0.670. The fourth-order valence-electron chi connectivity index (χ4n) is 3.17. The van der Waals surface area contributed by atoms with E-state index in [4.69, 9.17) is 10.5 Å². The summed E-state index contributed by atoms with van der Waals surface area (Å²) in [7, 11) is 0. The molecular weight excluding hydrogens is 254 g/mol. The van der Waals surface area contributed by atoms with Crippen LogP contribution >= 0.6 is 11.8 Å². The normalized spacial score (nSPS) is 22.8. The molecule has 0 aromatic heterocycles. The van der Waals surface area contributed by atoms with Gasteiger partial charge in [-0.25, -0.2) is 0 Å². The lowest BCUT2D eigenvalue weighted by Crippen LogP contribution is -2.42. The van der Waals surface area contributed by atoms with Gasteiger partial charge in [0, 0.05) is 17.5 Å². The molecule has 3 heteroatoms. The minimum Gasteiger partial charge on any atom is -0.490 e. The van der Waals surface area contributed by atoms with Crippen LogP contribution in [0, 0.1) is 0 Å². The number of ether oxygens (including phenoxy) is 1. The zero-order valence-corrected chi connectivity index (χ0v) is 12.3. The maximum absolute atomic E-state index is 6.30.